The van der Waals surface area contributed by atoms with E-state index in [4.69, 9.17) is 27.9 Å². The molecule has 0 heterocycles. The van der Waals surface area contributed by atoms with E-state index in [9.17, 15) is 13.2 Å². The molecule has 2 rings (SSSR count). The van der Waals surface area contributed by atoms with Crippen LogP contribution in [0.1, 0.15) is 29.8 Å². The van der Waals surface area contributed by atoms with Crippen LogP contribution in [0.4, 0.5) is 5.69 Å². The van der Waals surface area contributed by atoms with E-state index in [1.807, 2.05) is 0 Å². The van der Waals surface area contributed by atoms with E-state index < -0.39 is 16.0 Å². The summed E-state index contributed by atoms with van der Waals surface area (Å²) in [5.74, 6) is -0.511. The van der Waals surface area contributed by atoms with Crippen LogP contribution in [0.5, 0.6) is 0 Å². The van der Waals surface area contributed by atoms with Crippen molar-refractivity contribution in [1.29, 1.82) is 0 Å². The minimum Gasteiger partial charge on any atom is -0.462 e. The lowest BCUT2D eigenvalue weighted by Crippen LogP contribution is -2.31. The summed E-state index contributed by atoms with van der Waals surface area (Å²) >= 11 is 12.0. The van der Waals surface area contributed by atoms with Crippen molar-refractivity contribution < 1.29 is 17.9 Å². The van der Waals surface area contributed by atoms with Crippen molar-refractivity contribution >= 4 is 44.9 Å². The molecule has 0 unspecified atom stereocenters. The van der Waals surface area contributed by atoms with Crippen LogP contribution in [0.15, 0.2) is 41.3 Å². The van der Waals surface area contributed by atoms with Crippen molar-refractivity contribution in [3.63, 3.8) is 0 Å². The Kier molecular flexibility index (Phi) is 6.55. The lowest BCUT2D eigenvalue weighted by atomic mass is 10.1. The van der Waals surface area contributed by atoms with E-state index in [1.54, 1.807) is 32.9 Å². The van der Waals surface area contributed by atoms with Crippen molar-refractivity contribution in [2.75, 3.05) is 17.5 Å². The molecular formula is C18H19Cl2NO4S. The number of esters is 1. The van der Waals surface area contributed by atoms with E-state index in [2.05, 4.69) is 0 Å². The standard InChI is InChI=1S/C18H19Cl2NO4S/c1-4-21(26(23,24)17-11-14(19)8-9-15(17)20)16-10-13(7-6-12(16)3)18(22)25-5-2/h6-11H,4-5H2,1-3H3. The van der Waals surface area contributed by atoms with Crippen molar-refractivity contribution in [2.24, 2.45) is 0 Å². The first-order chi connectivity index (χ1) is 12.2. The number of halogens is 2. The number of carbonyl (C=O) groups is 1. The average molecular weight is 416 g/mol. The van der Waals surface area contributed by atoms with Crippen LogP contribution in [0.3, 0.4) is 0 Å². The van der Waals surface area contributed by atoms with Gasteiger partial charge in [-0.3, -0.25) is 4.31 Å². The van der Waals surface area contributed by atoms with E-state index in [-0.39, 0.29) is 33.7 Å². The van der Waals surface area contributed by atoms with Gasteiger partial charge in [0.25, 0.3) is 10.0 Å². The highest BCUT2D eigenvalue weighted by Gasteiger charge is 2.28. The Labute approximate surface area is 163 Å². The van der Waals surface area contributed by atoms with Crippen LogP contribution >= 0.6 is 23.2 Å². The molecule has 5 nitrogen and oxygen atoms in total. The fourth-order valence-electron chi connectivity index (χ4n) is 2.48. The quantitative estimate of drug-likeness (QED) is 0.641. The molecule has 0 aliphatic heterocycles. The van der Waals surface area contributed by atoms with Crippen molar-refractivity contribution in [3.05, 3.63) is 57.6 Å². The molecule has 2 aromatic rings. The third-order valence-corrected chi connectivity index (χ3v) is 6.34. The topological polar surface area (TPSA) is 63.7 Å². The number of carbonyl (C=O) groups excluding carboxylic acids is 1. The maximum absolute atomic E-state index is 13.2. The van der Waals surface area contributed by atoms with Gasteiger partial charge in [-0.15, -0.1) is 0 Å². The SMILES string of the molecule is CCOC(=O)c1ccc(C)c(N(CC)S(=O)(=O)c2cc(Cl)ccc2Cl)c1. The molecule has 0 fully saturated rings. The number of sulfonamides is 1. The Hall–Kier alpha value is -1.76. The van der Waals surface area contributed by atoms with Crippen LogP contribution in [0.2, 0.25) is 10.0 Å². The second-order valence-electron chi connectivity index (χ2n) is 5.47. The zero-order chi connectivity index (χ0) is 19.5. The van der Waals surface area contributed by atoms with Gasteiger partial charge in [0, 0.05) is 11.6 Å². The summed E-state index contributed by atoms with van der Waals surface area (Å²) in [7, 11) is -3.97. The monoisotopic (exact) mass is 415 g/mol. The number of anilines is 1. The fourth-order valence-corrected chi connectivity index (χ4v) is 4.75. The first kappa shape index (κ1) is 20.6. The Bertz CT molecular complexity index is 929. The fraction of sp³-hybridized carbons (Fsp3) is 0.278. The van der Waals surface area contributed by atoms with Gasteiger partial charge >= 0.3 is 5.97 Å². The number of hydrogen-bond donors (Lipinski definition) is 0. The molecule has 140 valence electrons. The van der Waals surface area contributed by atoms with Crippen LogP contribution in [0, 0.1) is 6.92 Å². The minimum atomic E-state index is -3.97. The predicted octanol–water partition coefficient (Wildman–Crippen LogP) is 4.69. The zero-order valence-electron chi connectivity index (χ0n) is 14.6. The summed E-state index contributed by atoms with van der Waals surface area (Å²) in [4.78, 5) is 11.9. The lowest BCUT2D eigenvalue weighted by molar-refractivity contribution is 0.0526. The Morgan fingerprint density at radius 2 is 1.81 bits per heavy atom. The summed E-state index contributed by atoms with van der Waals surface area (Å²) in [6.07, 6.45) is 0. The van der Waals surface area contributed by atoms with Gasteiger partial charge in [0.1, 0.15) is 4.90 Å². The summed E-state index contributed by atoms with van der Waals surface area (Å²) in [6.45, 7) is 5.56. The molecule has 0 aliphatic carbocycles. The van der Waals surface area contributed by atoms with Crippen molar-refractivity contribution in [2.45, 2.75) is 25.7 Å². The van der Waals surface area contributed by atoms with Gasteiger partial charge in [0.05, 0.1) is 22.9 Å². The highest BCUT2D eigenvalue weighted by atomic mass is 35.5. The molecular weight excluding hydrogens is 397 g/mol. The zero-order valence-corrected chi connectivity index (χ0v) is 17.0. The van der Waals surface area contributed by atoms with Gasteiger partial charge < -0.3 is 4.74 Å². The molecule has 2 aromatic carbocycles. The first-order valence-corrected chi connectivity index (χ1v) is 10.2. The number of hydrogen-bond acceptors (Lipinski definition) is 4. The largest absolute Gasteiger partial charge is 0.462 e. The third kappa shape index (κ3) is 4.14. The number of ether oxygens (including phenoxy) is 1. The molecule has 0 radical (unpaired) electrons. The summed E-state index contributed by atoms with van der Waals surface area (Å²) in [5.41, 5.74) is 1.36. The van der Waals surface area contributed by atoms with E-state index >= 15 is 0 Å². The van der Waals surface area contributed by atoms with Crippen LogP contribution in [0.25, 0.3) is 0 Å². The van der Waals surface area contributed by atoms with Gasteiger partial charge in [0.2, 0.25) is 0 Å². The maximum atomic E-state index is 13.2. The number of benzene rings is 2. The highest BCUT2D eigenvalue weighted by Crippen LogP contribution is 2.32. The van der Waals surface area contributed by atoms with Crippen molar-refractivity contribution in [3.8, 4) is 0 Å². The molecule has 8 heteroatoms. The smallest absolute Gasteiger partial charge is 0.338 e. The second-order valence-corrected chi connectivity index (χ2v) is 8.14. The van der Waals surface area contributed by atoms with Crippen LogP contribution < -0.4 is 4.31 Å². The average Bonchev–Trinajstić information content (AvgIpc) is 2.59. The summed E-state index contributed by atoms with van der Waals surface area (Å²) in [5, 5.41) is 0.341. The third-order valence-electron chi connectivity index (χ3n) is 3.74. The summed E-state index contributed by atoms with van der Waals surface area (Å²) in [6, 6.07) is 9.06. The van der Waals surface area contributed by atoms with Crippen LogP contribution in [-0.2, 0) is 14.8 Å². The van der Waals surface area contributed by atoms with Gasteiger partial charge in [-0.2, -0.15) is 0 Å². The predicted molar refractivity (Wildman–Crippen MR) is 104 cm³/mol. The minimum absolute atomic E-state index is 0.0760. The Balaban J connectivity index is 2.59. The Morgan fingerprint density at radius 3 is 2.42 bits per heavy atom. The number of nitrogens with zero attached hydrogens (tertiary/aromatic N) is 1. The molecule has 0 saturated heterocycles. The molecule has 0 amide bonds. The Morgan fingerprint density at radius 1 is 1.12 bits per heavy atom. The molecule has 0 saturated carbocycles. The summed E-state index contributed by atoms with van der Waals surface area (Å²) < 4.78 is 32.5. The first-order valence-electron chi connectivity index (χ1n) is 7.98. The van der Waals surface area contributed by atoms with Gasteiger partial charge in [-0.1, -0.05) is 29.3 Å². The molecule has 26 heavy (non-hydrogen) atoms. The molecule has 0 bridgehead atoms. The van der Waals surface area contributed by atoms with Crippen LogP contribution in [-0.4, -0.2) is 27.5 Å². The normalized spacial score (nSPS) is 11.3. The molecule has 0 atom stereocenters. The van der Waals surface area contributed by atoms with Gasteiger partial charge in [-0.05, 0) is 56.7 Å². The number of aryl methyl sites for hydroxylation is 1. The molecule has 0 spiro atoms. The number of rotatable bonds is 6. The maximum Gasteiger partial charge on any atom is 0.338 e. The second kappa shape index (κ2) is 8.29. The molecule has 0 N–H and O–H groups in total. The van der Waals surface area contributed by atoms with E-state index in [1.165, 1.54) is 28.6 Å². The highest BCUT2D eigenvalue weighted by molar-refractivity contribution is 7.93. The molecule has 0 aromatic heterocycles. The molecule has 0 aliphatic rings. The lowest BCUT2D eigenvalue weighted by Gasteiger charge is -2.25. The van der Waals surface area contributed by atoms with E-state index in [0.717, 1.165) is 0 Å². The van der Waals surface area contributed by atoms with Gasteiger partial charge in [0.15, 0.2) is 0 Å². The van der Waals surface area contributed by atoms with E-state index in [0.29, 0.717) is 11.3 Å². The van der Waals surface area contributed by atoms with Crippen molar-refractivity contribution in [1.82, 2.24) is 0 Å². The van der Waals surface area contributed by atoms with Gasteiger partial charge in [-0.25, -0.2) is 13.2 Å².